The summed E-state index contributed by atoms with van der Waals surface area (Å²) in [4.78, 5) is 17.7. The molecule has 1 aliphatic rings. The van der Waals surface area contributed by atoms with Gasteiger partial charge in [-0.1, -0.05) is 36.7 Å². The summed E-state index contributed by atoms with van der Waals surface area (Å²) in [6, 6.07) is 11.7. The number of nitrogens with zero attached hydrogens (tertiary/aromatic N) is 3. The average molecular weight is 549 g/mol. The molecule has 0 bridgehead atoms. The Balaban J connectivity index is 1.21. The highest BCUT2D eigenvalue weighted by Crippen LogP contribution is 2.26. The van der Waals surface area contributed by atoms with Gasteiger partial charge >= 0.3 is 0 Å². The number of anilines is 1. The van der Waals surface area contributed by atoms with E-state index in [1.165, 1.54) is 6.07 Å². The van der Waals surface area contributed by atoms with Gasteiger partial charge in [0.25, 0.3) is 0 Å². The predicted octanol–water partition coefficient (Wildman–Crippen LogP) is 4.99. The van der Waals surface area contributed by atoms with Crippen LogP contribution in [0, 0.1) is 18.6 Å². The average Bonchev–Trinajstić information content (AvgIpc) is 3.57. The van der Waals surface area contributed by atoms with Gasteiger partial charge in [-0.05, 0) is 61.4 Å². The molecule has 3 N–H and O–H groups in total. The molecule has 0 saturated heterocycles. The summed E-state index contributed by atoms with van der Waals surface area (Å²) in [5.74, 6) is -0.0334. The van der Waals surface area contributed by atoms with Gasteiger partial charge in [-0.15, -0.1) is 0 Å². The molecule has 8 nitrogen and oxygen atoms in total. The quantitative estimate of drug-likeness (QED) is 0.244. The van der Waals surface area contributed by atoms with E-state index < -0.39 is 17.7 Å². The Labute approximate surface area is 232 Å². The van der Waals surface area contributed by atoms with Gasteiger partial charge in [0, 0.05) is 31.3 Å². The molecule has 0 aliphatic heterocycles. The molecule has 2 heterocycles. The summed E-state index contributed by atoms with van der Waals surface area (Å²) in [6.07, 6.45) is 6.60. The molecule has 10 heteroatoms. The Bertz CT molecular complexity index is 1470. The summed E-state index contributed by atoms with van der Waals surface area (Å²) in [7, 11) is 0. The normalized spacial score (nSPS) is 15.6. The van der Waals surface area contributed by atoms with Gasteiger partial charge in [0.2, 0.25) is 5.91 Å². The number of carbonyl (C=O) groups is 1. The van der Waals surface area contributed by atoms with Gasteiger partial charge in [-0.3, -0.25) is 4.79 Å². The van der Waals surface area contributed by atoms with Crippen molar-refractivity contribution in [3.63, 3.8) is 0 Å². The lowest BCUT2D eigenvalue weighted by Gasteiger charge is -2.29. The second-order valence-electron chi connectivity index (χ2n) is 10.3. The van der Waals surface area contributed by atoms with Crippen LogP contribution >= 0.6 is 0 Å². The van der Waals surface area contributed by atoms with E-state index in [0.29, 0.717) is 55.7 Å². The van der Waals surface area contributed by atoms with Crippen molar-refractivity contribution in [1.29, 1.82) is 0 Å². The lowest BCUT2D eigenvalue weighted by Crippen LogP contribution is -2.48. The first-order valence-electron chi connectivity index (χ1n) is 13.7. The first-order valence-corrected chi connectivity index (χ1v) is 13.7. The summed E-state index contributed by atoms with van der Waals surface area (Å²) in [6.45, 7) is 5.08. The molecular weight excluding hydrogens is 514 g/mol. The van der Waals surface area contributed by atoms with Crippen molar-refractivity contribution in [3.05, 3.63) is 94.8 Å². The summed E-state index contributed by atoms with van der Waals surface area (Å²) in [5, 5.41) is 13.8. The van der Waals surface area contributed by atoms with Crippen molar-refractivity contribution < 1.29 is 18.1 Å². The van der Waals surface area contributed by atoms with Crippen molar-refractivity contribution in [2.24, 2.45) is 0 Å². The van der Waals surface area contributed by atoms with Crippen LogP contribution in [-0.2, 0) is 30.7 Å². The number of imidazole rings is 1. The third-order valence-corrected chi connectivity index (χ3v) is 7.20. The molecule has 1 aliphatic carbocycles. The van der Waals surface area contributed by atoms with Gasteiger partial charge in [0.15, 0.2) is 5.82 Å². The van der Waals surface area contributed by atoms with Crippen molar-refractivity contribution in [2.75, 3.05) is 5.32 Å². The van der Waals surface area contributed by atoms with Crippen LogP contribution in [0.3, 0.4) is 0 Å². The van der Waals surface area contributed by atoms with E-state index in [1.807, 2.05) is 48.7 Å². The van der Waals surface area contributed by atoms with Crippen LogP contribution < -0.4 is 16.0 Å². The molecule has 210 valence electrons. The third kappa shape index (κ3) is 6.63. The minimum absolute atomic E-state index is 0.0761. The molecule has 1 unspecified atom stereocenters. The van der Waals surface area contributed by atoms with Crippen LogP contribution in [0.2, 0.25) is 0 Å². The maximum absolute atomic E-state index is 14.4. The van der Waals surface area contributed by atoms with Crippen LogP contribution in [0.25, 0.3) is 5.69 Å². The highest BCUT2D eigenvalue weighted by atomic mass is 19.1. The number of hydrogen-bond donors (Lipinski definition) is 3. The first-order chi connectivity index (χ1) is 19.4. The van der Waals surface area contributed by atoms with E-state index in [1.54, 1.807) is 12.5 Å². The number of rotatable bonds is 11. The third-order valence-electron chi connectivity index (χ3n) is 7.20. The minimum atomic E-state index is -0.550. The number of aromatic nitrogens is 3. The van der Waals surface area contributed by atoms with Gasteiger partial charge in [0.1, 0.15) is 23.7 Å². The molecule has 2 aromatic carbocycles. The smallest absolute Gasteiger partial charge is 0.242 e. The number of halogens is 2. The zero-order chi connectivity index (χ0) is 28.1. The van der Waals surface area contributed by atoms with Crippen LogP contribution in [0.4, 0.5) is 14.6 Å². The van der Waals surface area contributed by atoms with E-state index in [9.17, 15) is 13.6 Å². The number of aryl methyl sites for hydroxylation is 2. The number of nitrogens with one attached hydrogen (secondary N) is 3. The molecule has 0 fully saturated rings. The number of carbonyl (C=O) groups excluding carboxylic acids is 1. The van der Waals surface area contributed by atoms with Gasteiger partial charge in [0.05, 0.1) is 23.6 Å². The molecule has 2 aromatic heterocycles. The number of hydrogen-bond acceptors (Lipinski definition) is 6. The molecule has 0 spiro atoms. The monoisotopic (exact) mass is 548 g/mol. The fraction of sp³-hybridized carbons (Fsp3) is 0.367. The Morgan fingerprint density at radius 1 is 1.20 bits per heavy atom. The molecule has 4 aromatic rings. The molecule has 0 radical (unpaired) electrons. The Morgan fingerprint density at radius 3 is 2.85 bits per heavy atom. The lowest BCUT2D eigenvalue weighted by molar-refractivity contribution is -0.118. The van der Waals surface area contributed by atoms with E-state index in [2.05, 4.69) is 26.1 Å². The summed E-state index contributed by atoms with van der Waals surface area (Å²) in [5.41, 5.74) is 4.09. The van der Waals surface area contributed by atoms with E-state index >= 15 is 0 Å². The summed E-state index contributed by atoms with van der Waals surface area (Å²) >= 11 is 0. The van der Waals surface area contributed by atoms with Crippen molar-refractivity contribution in [1.82, 2.24) is 25.3 Å². The summed E-state index contributed by atoms with van der Waals surface area (Å²) < 4.78 is 35.0. The van der Waals surface area contributed by atoms with E-state index in [0.717, 1.165) is 35.2 Å². The number of fused-ring (bicyclic) bond motifs is 1. The van der Waals surface area contributed by atoms with Gasteiger partial charge in [-0.25, -0.2) is 13.8 Å². The maximum atomic E-state index is 14.4. The number of para-hydroxylation sites is 1. The number of benzene rings is 2. The largest absolute Gasteiger partial charge is 0.361 e. The second kappa shape index (κ2) is 12.5. The van der Waals surface area contributed by atoms with Gasteiger partial charge < -0.3 is 25.0 Å². The van der Waals surface area contributed by atoms with Crippen LogP contribution in [0.1, 0.15) is 54.3 Å². The first kappa shape index (κ1) is 27.7. The standard InChI is InChI=1S/C30H34F2N6O2/c1-3-6-27(35-23-10-9-20-12-22(31)13-26(32)25(20)14-23)30(39)36-29-17-38(18-34-29)28-8-5-4-7-21(28)15-33-16-24-11-19(2)40-37-24/h4-5,7-8,11-13,17-18,23,27,33,35H,3,6,9-10,14-16H2,1-2H3,(H,36,39)/t23-,27?/m0/s1. The number of amides is 1. The molecule has 1 amide bonds. The molecule has 0 saturated carbocycles. The molecule has 40 heavy (non-hydrogen) atoms. The Hall–Kier alpha value is -3.89. The van der Waals surface area contributed by atoms with E-state index in [-0.39, 0.29) is 11.9 Å². The SMILES string of the molecule is CCCC(N[C@H]1CCc2cc(F)cc(F)c2C1)C(=O)Nc1cn(-c2ccccc2CNCc2cc(C)on2)cn1. The topological polar surface area (TPSA) is 97.0 Å². The minimum Gasteiger partial charge on any atom is -0.361 e. The highest BCUT2D eigenvalue weighted by Gasteiger charge is 2.27. The van der Waals surface area contributed by atoms with Crippen molar-refractivity contribution >= 4 is 11.7 Å². The zero-order valence-electron chi connectivity index (χ0n) is 22.7. The second-order valence-corrected chi connectivity index (χ2v) is 10.3. The zero-order valence-corrected chi connectivity index (χ0v) is 22.7. The van der Waals surface area contributed by atoms with Crippen molar-refractivity contribution in [3.8, 4) is 5.69 Å². The maximum Gasteiger partial charge on any atom is 0.242 e. The van der Waals surface area contributed by atoms with Crippen LogP contribution in [-0.4, -0.2) is 32.7 Å². The fourth-order valence-corrected chi connectivity index (χ4v) is 5.26. The van der Waals surface area contributed by atoms with Crippen LogP contribution in [0.15, 0.2) is 59.5 Å². The fourth-order valence-electron chi connectivity index (χ4n) is 5.26. The molecule has 2 atom stereocenters. The highest BCUT2D eigenvalue weighted by molar-refractivity contribution is 5.94. The molecule has 5 rings (SSSR count). The van der Waals surface area contributed by atoms with E-state index in [4.69, 9.17) is 4.52 Å². The van der Waals surface area contributed by atoms with Crippen LogP contribution in [0.5, 0.6) is 0 Å². The Morgan fingerprint density at radius 2 is 2.05 bits per heavy atom. The van der Waals surface area contributed by atoms with Crippen molar-refractivity contribution in [2.45, 2.75) is 71.1 Å². The van der Waals surface area contributed by atoms with Gasteiger partial charge in [-0.2, -0.15) is 0 Å². The predicted molar refractivity (Wildman–Crippen MR) is 148 cm³/mol. The molecular formula is C30H34F2N6O2. The lowest BCUT2D eigenvalue weighted by atomic mass is 9.87. The Kier molecular flexibility index (Phi) is 8.66.